The third-order valence-electron chi connectivity index (χ3n) is 4.27. The number of nitrogens with zero attached hydrogens (tertiary/aromatic N) is 1. The molecule has 1 N–H and O–H groups in total. The predicted molar refractivity (Wildman–Crippen MR) is 105 cm³/mol. The normalized spacial score (nSPS) is 11.5. The van der Waals surface area contributed by atoms with E-state index in [0.717, 1.165) is 39.2 Å². The Hall–Kier alpha value is -2.60. The van der Waals surface area contributed by atoms with Crippen molar-refractivity contribution in [2.75, 3.05) is 18.7 Å². The van der Waals surface area contributed by atoms with Crippen LogP contribution in [-0.2, 0) is 16.4 Å². The van der Waals surface area contributed by atoms with E-state index in [9.17, 15) is 8.42 Å². The Labute approximate surface area is 154 Å². The highest BCUT2D eigenvalue weighted by Crippen LogP contribution is 2.30. The van der Waals surface area contributed by atoms with E-state index in [-0.39, 0.29) is 0 Å². The van der Waals surface area contributed by atoms with Crippen molar-refractivity contribution in [2.24, 2.45) is 0 Å². The Balaban J connectivity index is 1.92. The maximum absolute atomic E-state index is 11.8. The topological polar surface area (TPSA) is 68.3 Å². The summed E-state index contributed by atoms with van der Waals surface area (Å²) in [6.45, 7) is 4.35. The Morgan fingerprint density at radius 3 is 2.54 bits per heavy atom. The lowest BCUT2D eigenvalue weighted by Crippen LogP contribution is -2.04. The molecule has 0 aliphatic carbocycles. The molecule has 1 aromatic heterocycles. The second-order valence-corrected chi connectivity index (χ2v) is 8.38. The smallest absolute Gasteiger partial charge is 0.175 e. The van der Waals surface area contributed by atoms with E-state index in [1.165, 1.54) is 6.26 Å². The first-order valence-corrected chi connectivity index (χ1v) is 10.2. The molecule has 0 spiro atoms. The summed E-state index contributed by atoms with van der Waals surface area (Å²) in [7, 11) is -1.57. The molecule has 0 bridgehead atoms. The van der Waals surface area contributed by atoms with E-state index >= 15 is 0 Å². The van der Waals surface area contributed by atoms with Crippen LogP contribution in [0.4, 0.5) is 5.69 Å². The maximum atomic E-state index is 11.8. The molecular formula is C20H22N2O3S. The largest absolute Gasteiger partial charge is 0.494 e. The van der Waals surface area contributed by atoms with Gasteiger partial charge in [0.15, 0.2) is 9.84 Å². The second kappa shape index (κ2) is 6.96. The molecule has 26 heavy (non-hydrogen) atoms. The van der Waals surface area contributed by atoms with Crippen molar-refractivity contribution < 1.29 is 13.2 Å². The lowest BCUT2D eigenvalue weighted by atomic mass is 10.1. The van der Waals surface area contributed by atoms with Crippen molar-refractivity contribution in [1.29, 1.82) is 0 Å². The molecule has 6 heteroatoms. The van der Waals surface area contributed by atoms with E-state index < -0.39 is 9.84 Å². The molecule has 0 fully saturated rings. The van der Waals surface area contributed by atoms with E-state index in [4.69, 9.17) is 4.74 Å². The number of hydrogen-bond donors (Lipinski definition) is 1. The highest BCUT2D eigenvalue weighted by molar-refractivity contribution is 7.90. The summed E-state index contributed by atoms with van der Waals surface area (Å²) in [5.41, 5.74) is 4.45. The van der Waals surface area contributed by atoms with Crippen LogP contribution in [0.25, 0.3) is 10.9 Å². The van der Waals surface area contributed by atoms with Crippen molar-refractivity contribution in [3.8, 4) is 5.75 Å². The molecule has 0 aliphatic rings. The number of para-hydroxylation sites is 1. The van der Waals surface area contributed by atoms with Gasteiger partial charge in [-0.2, -0.15) is 0 Å². The number of benzene rings is 2. The van der Waals surface area contributed by atoms with Gasteiger partial charge >= 0.3 is 0 Å². The molecule has 0 atom stereocenters. The molecule has 1 heterocycles. The molecule has 0 saturated heterocycles. The molecule has 5 nitrogen and oxygen atoms in total. The predicted octanol–water partition coefficient (Wildman–Crippen LogP) is 3.88. The van der Waals surface area contributed by atoms with Crippen LogP contribution in [0.1, 0.15) is 16.8 Å². The number of aryl methyl sites for hydroxylation is 2. The summed E-state index contributed by atoms with van der Waals surface area (Å²) in [4.78, 5) is 4.95. The van der Waals surface area contributed by atoms with Gasteiger partial charge in [-0.25, -0.2) is 13.4 Å². The summed E-state index contributed by atoms with van der Waals surface area (Å²) >= 11 is 0. The van der Waals surface area contributed by atoms with Gasteiger partial charge in [0, 0.05) is 29.6 Å². The average Bonchev–Trinajstić information content (AvgIpc) is 2.58. The van der Waals surface area contributed by atoms with Gasteiger partial charge in [-0.15, -0.1) is 0 Å². The average molecular weight is 370 g/mol. The van der Waals surface area contributed by atoms with Gasteiger partial charge in [-0.05, 0) is 43.2 Å². The van der Waals surface area contributed by atoms with Crippen molar-refractivity contribution in [3.05, 3.63) is 59.3 Å². The van der Waals surface area contributed by atoms with Crippen LogP contribution in [-0.4, -0.2) is 26.8 Å². The van der Waals surface area contributed by atoms with Crippen molar-refractivity contribution >= 4 is 26.4 Å². The number of aromatic nitrogens is 1. The molecule has 3 rings (SSSR count). The minimum Gasteiger partial charge on any atom is -0.494 e. The number of anilines is 1. The lowest BCUT2D eigenvalue weighted by Gasteiger charge is -2.13. The van der Waals surface area contributed by atoms with Gasteiger partial charge in [0.1, 0.15) is 11.3 Å². The van der Waals surface area contributed by atoms with Gasteiger partial charge in [0.2, 0.25) is 0 Å². The van der Waals surface area contributed by atoms with Crippen molar-refractivity contribution in [3.63, 3.8) is 0 Å². The van der Waals surface area contributed by atoms with Gasteiger partial charge < -0.3 is 10.1 Å². The summed E-state index contributed by atoms with van der Waals surface area (Å²) in [6, 6.07) is 13.2. The molecule has 0 aliphatic heterocycles. The molecule has 0 radical (unpaired) electrons. The number of ether oxygens (including phenoxy) is 1. The molecule has 0 amide bonds. The highest BCUT2D eigenvalue weighted by Gasteiger charge is 2.12. The van der Waals surface area contributed by atoms with Crippen LogP contribution in [0, 0.1) is 13.8 Å². The molecular weight excluding hydrogens is 348 g/mol. The monoisotopic (exact) mass is 370 g/mol. The zero-order valence-electron chi connectivity index (χ0n) is 15.3. The standard InChI is InChI=1S/C20H22N2O3S/c1-13-10-15(8-9-19(13)26(4,23)24)12-21-17-11-14(2)22-20-16(17)6-5-7-18(20)25-3/h5-11H,12H2,1-4H3,(H,21,22). The molecule has 0 unspecified atom stereocenters. The first-order valence-electron chi connectivity index (χ1n) is 8.27. The van der Waals surface area contributed by atoms with Crippen molar-refractivity contribution in [1.82, 2.24) is 4.98 Å². The lowest BCUT2D eigenvalue weighted by molar-refractivity contribution is 0.419. The fourth-order valence-electron chi connectivity index (χ4n) is 3.10. The number of nitrogens with one attached hydrogen (secondary N) is 1. The highest BCUT2D eigenvalue weighted by atomic mass is 32.2. The summed E-state index contributed by atoms with van der Waals surface area (Å²) in [5, 5.41) is 4.42. The third-order valence-corrected chi connectivity index (χ3v) is 5.53. The minimum atomic E-state index is -3.20. The Kier molecular flexibility index (Phi) is 4.87. The van der Waals surface area contributed by atoms with Crippen LogP contribution in [0.2, 0.25) is 0 Å². The first kappa shape index (κ1) is 18.2. The Morgan fingerprint density at radius 1 is 1.12 bits per heavy atom. The number of pyridine rings is 1. The molecule has 2 aromatic carbocycles. The van der Waals surface area contributed by atoms with Crippen LogP contribution < -0.4 is 10.1 Å². The van der Waals surface area contributed by atoms with E-state index in [0.29, 0.717) is 11.4 Å². The number of fused-ring (bicyclic) bond motifs is 1. The molecule has 0 saturated carbocycles. The summed E-state index contributed by atoms with van der Waals surface area (Å²) < 4.78 is 28.9. The summed E-state index contributed by atoms with van der Waals surface area (Å²) in [5.74, 6) is 0.739. The SMILES string of the molecule is COc1cccc2c(NCc3ccc(S(C)(=O)=O)c(C)c3)cc(C)nc12. The van der Waals surface area contributed by atoms with Crippen LogP contribution in [0.3, 0.4) is 0 Å². The van der Waals surface area contributed by atoms with Gasteiger partial charge in [0.05, 0.1) is 12.0 Å². The summed E-state index contributed by atoms with van der Waals surface area (Å²) in [6.07, 6.45) is 1.23. The van der Waals surface area contributed by atoms with E-state index in [2.05, 4.69) is 10.3 Å². The molecule has 136 valence electrons. The van der Waals surface area contributed by atoms with Gasteiger partial charge in [-0.1, -0.05) is 24.3 Å². The van der Waals surface area contributed by atoms with Crippen LogP contribution in [0.5, 0.6) is 5.75 Å². The zero-order chi connectivity index (χ0) is 18.9. The van der Waals surface area contributed by atoms with E-state index in [1.807, 2.05) is 50.2 Å². The zero-order valence-corrected chi connectivity index (χ0v) is 16.1. The Morgan fingerprint density at radius 2 is 1.88 bits per heavy atom. The fraction of sp³-hybridized carbons (Fsp3) is 0.250. The third kappa shape index (κ3) is 3.65. The number of rotatable bonds is 5. The van der Waals surface area contributed by atoms with E-state index in [1.54, 1.807) is 13.2 Å². The number of sulfone groups is 1. The van der Waals surface area contributed by atoms with Crippen LogP contribution >= 0.6 is 0 Å². The number of hydrogen-bond acceptors (Lipinski definition) is 5. The molecule has 3 aromatic rings. The number of methoxy groups -OCH3 is 1. The first-order chi connectivity index (χ1) is 12.3. The fourth-order valence-corrected chi connectivity index (χ4v) is 4.06. The Bertz CT molecular complexity index is 1080. The van der Waals surface area contributed by atoms with Gasteiger partial charge in [-0.3, -0.25) is 0 Å². The quantitative estimate of drug-likeness (QED) is 0.738. The minimum absolute atomic E-state index is 0.371. The van der Waals surface area contributed by atoms with Crippen molar-refractivity contribution in [2.45, 2.75) is 25.3 Å². The van der Waals surface area contributed by atoms with Crippen LogP contribution in [0.15, 0.2) is 47.4 Å². The maximum Gasteiger partial charge on any atom is 0.175 e. The second-order valence-electron chi connectivity index (χ2n) is 6.39. The van der Waals surface area contributed by atoms with Gasteiger partial charge in [0.25, 0.3) is 0 Å².